The highest BCUT2D eigenvalue weighted by Gasteiger charge is 2.22. The Labute approximate surface area is 139 Å². The largest absolute Gasteiger partial charge is 0.486 e. The lowest BCUT2D eigenvalue weighted by Gasteiger charge is -2.29. The fourth-order valence-corrected chi connectivity index (χ4v) is 2.77. The van der Waals surface area contributed by atoms with Gasteiger partial charge in [0.1, 0.15) is 12.7 Å². The lowest BCUT2D eigenvalue weighted by molar-refractivity contribution is 0.0632. The molecule has 1 aliphatic rings. The zero-order valence-corrected chi connectivity index (χ0v) is 14.1. The number of para-hydroxylation sites is 2. The SMILES string of the molecule is CN(Cc1cc(=O)n(C)c(=O)n1C)CC1COc2ccccc2O1. The molecule has 2 heterocycles. The van der Waals surface area contributed by atoms with E-state index in [4.69, 9.17) is 9.47 Å². The Bertz CT molecular complexity index is 856. The Morgan fingerprint density at radius 2 is 1.88 bits per heavy atom. The van der Waals surface area contributed by atoms with Gasteiger partial charge >= 0.3 is 5.69 Å². The minimum absolute atomic E-state index is 0.103. The first kappa shape index (κ1) is 16.3. The van der Waals surface area contributed by atoms with Crippen LogP contribution < -0.4 is 20.7 Å². The summed E-state index contributed by atoms with van der Waals surface area (Å²) in [6.45, 7) is 1.57. The molecule has 7 heteroatoms. The van der Waals surface area contributed by atoms with Gasteiger partial charge in [-0.3, -0.25) is 18.8 Å². The molecule has 1 aromatic carbocycles. The second-order valence-corrected chi connectivity index (χ2v) is 6.07. The van der Waals surface area contributed by atoms with Gasteiger partial charge < -0.3 is 9.47 Å². The van der Waals surface area contributed by atoms with Crippen LogP contribution >= 0.6 is 0 Å². The fraction of sp³-hybridized carbons (Fsp3) is 0.412. The zero-order chi connectivity index (χ0) is 17.3. The third-order valence-corrected chi connectivity index (χ3v) is 4.14. The molecule has 0 aliphatic carbocycles. The van der Waals surface area contributed by atoms with Crippen molar-refractivity contribution in [1.29, 1.82) is 0 Å². The molecule has 0 N–H and O–H groups in total. The molecule has 24 heavy (non-hydrogen) atoms. The highest BCUT2D eigenvalue weighted by Crippen LogP contribution is 2.30. The van der Waals surface area contributed by atoms with Crippen LogP contribution in [0.1, 0.15) is 5.69 Å². The van der Waals surface area contributed by atoms with Crippen molar-refractivity contribution in [2.45, 2.75) is 12.6 Å². The lowest BCUT2D eigenvalue weighted by Crippen LogP contribution is -2.42. The topological polar surface area (TPSA) is 65.7 Å². The predicted molar refractivity (Wildman–Crippen MR) is 89.6 cm³/mol. The van der Waals surface area contributed by atoms with Crippen molar-refractivity contribution in [2.75, 3.05) is 20.2 Å². The van der Waals surface area contributed by atoms with Gasteiger partial charge in [-0.2, -0.15) is 0 Å². The Morgan fingerprint density at radius 3 is 2.62 bits per heavy atom. The zero-order valence-electron chi connectivity index (χ0n) is 14.1. The van der Waals surface area contributed by atoms with Gasteiger partial charge in [0.25, 0.3) is 5.56 Å². The Hall–Kier alpha value is -2.54. The van der Waals surface area contributed by atoms with E-state index in [9.17, 15) is 9.59 Å². The molecule has 0 radical (unpaired) electrons. The average molecular weight is 331 g/mol. The van der Waals surface area contributed by atoms with Crippen molar-refractivity contribution in [3.63, 3.8) is 0 Å². The number of hydrogen-bond donors (Lipinski definition) is 0. The highest BCUT2D eigenvalue weighted by atomic mass is 16.6. The van der Waals surface area contributed by atoms with E-state index < -0.39 is 0 Å². The third kappa shape index (κ3) is 3.21. The molecule has 0 saturated carbocycles. The molecule has 1 atom stereocenters. The first-order valence-corrected chi connectivity index (χ1v) is 7.78. The monoisotopic (exact) mass is 331 g/mol. The van der Waals surface area contributed by atoms with Gasteiger partial charge in [0.2, 0.25) is 0 Å². The molecule has 0 saturated heterocycles. The average Bonchev–Trinajstić information content (AvgIpc) is 2.57. The molecule has 1 aliphatic heterocycles. The second-order valence-electron chi connectivity index (χ2n) is 6.07. The molecular weight excluding hydrogens is 310 g/mol. The number of ether oxygens (including phenoxy) is 2. The molecule has 0 fully saturated rings. The summed E-state index contributed by atoms with van der Waals surface area (Å²) in [7, 11) is 5.07. The van der Waals surface area contributed by atoms with Crippen molar-refractivity contribution in [2.24, 2.45) is 14.1 Å². The van der Waals surface area contributed by atoms with Crippen molar-refractivity contribution in [1.82, 2.24) is 14.0 Å². The highest BCUT2D eigenvalue weighted by molar-refractivity contribution is 5.40. The van der Waals surface area contributed by atoms with Crippen LogP contribution in [0.4, 0.5) is 0 Å². The summed E-state index contributed by atoms with van der Waals surface area (Å²) < 4.78 is 14.2. The summed E-state index contributed by atoms with van der Waals surface area (Å²) in [5.41, 5.74) is 0.0486. The fourth-order valence-electron chi connectivity index (χ4n) is 2.77. The number of likely N-dealkylation sites (N-methyl/N-ethyl adjacent to an activating group) is 1. The maximum atomic E-state index is 12.0. The molecule has 128 valence electrons. The first-order valence-electron chi connectivity index (χ1n) is 7.78. The van der Waals surface area contributed by atoms with Crippen LogP contribution in [0.15, 0.2) is 39.9 Å². The van der Waals surface area contributed by atoms with Crippen LogP contribution in [0.2, 0.25) is 0 Å². The Balaban J connectivity index is 1.68. The molecule has 2 aromatic rings. The minimum atomic E-state index is -0.322. The normalized spacial score (nSPS) is 16.4. The van der Waals surface area contributed by atoms with Crippen molar-refractivity contribution in [3.05, 3.63) is 56.9 Å². The Kier molecular flexibility index (Phi) is 4.44. The van der Waals surface area contributed by atoms with E-state index >= 15 is 0 Å². The number of fused-ring (bicyclic) bond motifs is 1. The smallest absolute Gasteiger partial charge is 0.330 e. The van der Waals surface area contributed by atoms with Gasteiger partial charge in [-0.1, -0.05) is 12.1 Å². The number of hydrogen-bond acceptors (Lipinski definition) is 5. The van der Waals surface area contributed by atoms with E-state index in [0.717, 1.165) is 16.1 Å². The number of aromatic nitrogens is 2. The molecular formula is C17H21N3O4. The summed E-state index contributed by atoms with van der Waals surface area (Å²) in [6, 6.07) is 9.07. The summed E-state index contributed by atoms with van der Waals surface area (Å²) >= 11 is 0. The minimum Gasteiger partial charge on any atom is -0.486 e. The van der Waals surface area contributed by atoms with Crippen LogP contribution in [0, 0.1) is 0 Å². The van der Waals surface area contributed by atoms with Crippen LogP contribution in [0.25, 0.3) is 0 Å². The number of benzene rings is 1. The van der Waals surface area contributed by atoms with Gasteiger partial charge in [-0.15, -0.1) is 0 Å². The van der Waals surface area contributed by atoms with Gasteiger partial charge in [-0.25, -0.2) is 4.79 Å². The molecule has 7 nitrogen and oxygen atoms in total. The summed E-state index contributed by atoms with van der Waals surface area (Å²) in [5.74, 6) is 1.49. The van der Waals surface area contributed by atoms with Crippen molar-refractivity contribution < 1.29 is 9.47 Å². The van der Waals surface area contributed by atoms with E-state index in [0.29, 0.717) is 25.4 Å². The van der Waals surface area contributed by atoms with Crippen LogP contribution in [0.3, 0.4) is 0 Å². The summed E-state index contributed by atoms with van der Waals surface area (Å²) in [5, 5.41) is 0. The van der Waals surface area contributed by atoms with Crippen LogP contribution in [-0.2, 0) is 20.6 Å². The van der Waals surface area contributed by atoms with Crippen molar-refractivity contribution >= 4 is 0 Å². The maximum Gasteiger partial charge on any atom is 0.330 e. The third-order valence-electron chi connectivity index (χ3n) is 4.14. The molecule has 3 rings (SSSR count). The van der Waals surface area contributed by atoms with Crippen LogP contribution in [-0.4, -0.2) is 40.3 Å². The van der Waals surface area contributed by atoms with Gasteiger partial charge in [-0.05, 0) is 19.2 Å². The number of nitrogens with zero attached hydrogens (tertiary/aromatic N) is 3. The first-order chi connectivity index (χ1) is 11.5. The molecule has 1 unspecified atom stereocenters. The van der Waals surface area contributed by atoms with Crippen LogP contribution in [0.5, 0.6) is 11.5 Å². The number of rotatable bonds is 4. The molecule has 0 bridgehead atoms. The van der Waals surface area contributed by atoms with E-state index in [1.165, 1.54) is 17.7 Å². The molecule has 0 spiro atoms. The predicted octanol–water partition coefficient (Wildman–Crippen LogP) is 0.356. The summed E-state index contributed by atoms with van der Waals surface area (Å²) in [6.07, 6.45) is -0.103. The van der Waals surface area contributed by atoms with E-state index in [1.54, 1.807) is 7.05 Å². The van der Waals surface area contributed by atoms with E-state index in [1.807, 2.05) is 36.2 Å². The quantitative estimate of drug-likeness (QED) is 0.809. The second kappa shape index (κ2) is 6.52. The van der Waals surface area contributed by atoms with Gasteiger partial charge in [0, 0.05) is 38.9 Å². The Morgan fingerprint density at radius 1 is 1.17 bits per heavy atom. The van der Waals surface area contributed by atoms with Crippen molar-refractivity contribution in [3.8, 4) is 11.5 Å². The molecule has 0 amide bonds. The molecule has 1 aromatic heterocycles. The lowest BCUT2D eigenvalue weighted by atomic mass is 10.2. The van der Waals surface area contributed by atoms with E-state index in [-0.39, 0.29) is 17.4 Å². The standard InChI is InChI=1S/C17H21N3O4/c1-18(9-12-8-16(21)20(3)17(22)19(12)2)10-13-11-23-14-6-4-5-7-15(14)24-13/h4-8,13H,9-11H2,1-3H3. The maximum absolute atomic E-state index is 12.0. The van der Waals surface area contributed by atoms with E-state index in [2.05, 4.69) is 0 Å². The van der Waals surface area contributed by atoms with Gasteiger partial charge in [0.05, 0.1) is 0 Å². The van der Waals surface area contributed by atoms with Gasteiger partial charge in [0.15, 0.2) is 11.5 Å². The summed E-state index contributed by atoms with van der Waals surface area (Å²) in [4.78, 5) is 25.8.